The molecule has 21 heavy (non-hydrogen) atoms. The minimum atomic E-state index is 0.895. The average Bonchev–Trinajstić information content (AvgIpc) is 3.16. The molecule has 3 heterocycles. The smallest absolute Gasteiger partial charge is 0.137 e. The molecule has 0 aliphatic rings. The first-order chi connectivity index (χ1) is 10.4. The van der Waals surface area contributed by atoms with Gasteiger partial charge < -0.3 is 4.40 Å². The number of imidazole rings is 1. The highest BCUT2D eigenvalue weighted by atomic mass is 32.1. The number of hydrogen-bond acceptors (Lipinski definition) is 2. The molecule has 0 atom stereocenters. The van der Waals surface area contributed by atoms with Crippen LogP contribution in [0.1, 0.15) is 11.3 Å². The van der Waals surface area contributed by atoms with E-state index in [1.54, 1.807) is 11.3 Å². The van der Waals surface area contributed by atoms with E-state index in [-0.39, 0.29) is 0 Å². The van der Waals surface area contributed by atoms with Crippen LogP contribution in [-0.4, -0.2) is 9.38 Å². The van der Waals surface area contributed by atoms with Crippen molar-refractivity contribution in [1.82, 2.24) is 9.38 Å². The fraction of sp³-hybridized carbons (Fsp3) is 0.0556. The molecule has 4 aromatic rings. The Hall–Kier alpha value is -2.39. The van der Waals surface area contributed by atoms with Crippen molar-refractivity contribution >= 4 is 17.0 Å². The van der Waals surface area contributed by atoms with Gasteiger partial charge >= 0.3 is 0 Å². The van der Waals surface area contributed by atoms with Crippen molar-refractivity contribution < 1.29 is 0 Å². The van der Waals surface area contributed by atoms with Gasteiger partial charge in [-0.25, -0.2) is 4.98 Å². The minimum absolute atomic E-state index is 0.895. The van der Waals surface area contributed by atoms with Crippen molar-refractivity contribution in [1.29, 1.82) is 0 Å². The van der Waals surface area contributed by atoms with Gasteiger partial charge in [0.2, 0.25) is 0 Å². The van der Waals surface area contributed by atoms with E-state index in [0.29, 0.717) is 0 Å². The van der Waals surface area contributed by atoms with E-state index in [0.717, 1.165) is 17.8 Å². The summed E-state index contributed by atoms with van der Waals surface area (Å²) in [5.41, 5.74) is 5.88. The zero-order valence-corrected chi connectivity index (χ0v) is 12.3. The van der Waals surface area contributed by atoms with Gasteiger partial charge in [-0.15, -0.1) is 0 Å². The fourth-order valence-electron chi connectivity index (χ4n) is 2.53. The number of thiophene rings is 1. The van der Waals surface area contributed by atoms with Crippen LogP contribution < -0.4 is 0 Å². The SMILES string of the molecule is c1ccc(-c2ccc3nc(Cc4ccsc4)cn3c2)cc1. The van der Waals surface area contributed by atoms with Gasteiger partial charge in [-0.1, -0.05) is 30.3 Å². The molecule has 1 aromatic carbocycles. The second-order valence-electron chi connectivity index (χ2n) is 5.09. The predicted octanol–water partition coefficient (Wildman–Crippen LogP) is 4.65. The van der Waals surface area contributed by atoms with Crippen molar-refractivity contribution in [2.45, 2.75) is 6.42 Å². The summed E-state index contributed by atoms with van der Waals surface area (Å²) in [5.74, 6) is 0. The molecule has 0 unspecified atom stereocenters. The van der Waals surface area contributed by atoms with Gasteiger partial charge in [0, 0.05) is 18.8 Å². The largest absolute Gasteiger partial charge is 0.306 e. The van der Waals surface area contributed by atoms with Crippen LogP contribution in [0.3, 0.4) is 0 Å². The molecule has 0 fully saturated rings. The predicted molar refractivity (Wildman–Crippen MR) is 87.8 cm³/mol. The van der Waals surface area contributed by atoms with Crippen LogP contribution >= 0.6 is 11.3 Å². The van der Waals surface area contributed by atoms with Gasteiger partial charge in [-0.3, -0.25) is 0 Å². The number of nitrogens with zero attached hydrogens (tertiary/aromatic N) is 2. The fourth-order valence-corrected chi connectivity index (χ4v) is 3.20. The zero-order chi connectivity index (χ0) is 14.1. The Labute approximate surface area is 127 Å². The van der Waals surface area contributed by atoms with Crippen LogP contribution in [0.25, 0.3) is 16.8 Å². The Bertz CT molecular complexity index is 861. The Morgan fingerprint density at radius 3 is 2.62 bits per heavy atom. The van der Waals surface area contributed by atoms with E-state index in [1.807, 2.05) is 6.07 Å². The van der Waals surface area contributed by atoms with Crippen molar-refractivity contribution in [2.75, 3.05) is 0 Å². The van der Waals surface area contributed by atoms with Crippen molar-refractivity contribution in [3.05, 3.63) is 82.9 Å². The highest BCUT2D eigenvalue weighted by Crippen LogP contribution is 2.20. The van der Waals surface area contributed by atoms with E-state index < -0.39 is 0 Å². The second-order valence-corrected chi connectivity index (χ2v) is 5.87. The van der Waals surface area contributed by atoms with Crippen LogP contribution in [0, 0.1) is 0 Å². The molecule has 3 heteroatoms. The second kappa shape index (κ2) is 5.19. The summed E-state index contributed by atoms with van der Waals surface area (Å²) in [5, 5.41) is 4.29. The van der Waals surface area contributed by atoms with Crippen LogP contribution in [0.4, 0.5) is 0 Å². The normalized spacial score (nSPS) is 11.0. The van der Waals surface area contributed by atoms with Crippen LogP contribution in [0.5, 0.6) is 0 Å². The molecular formula is C18H14N2S. The molecule has 0 saturated carbocycles. The van der Waals surface area contributed by atoms with Gasteiger partial charge in [-0.05, 0) is 45.6 Å². The molecule has 3 aromatic heterocycles. The summed E-state index contributed by atoms with van der Waals surface area (Å²) in [6.45, 7) is 0. The quantitative estimate of drug-likeness (QED) is 0.536. The van der Waals surface area contributed by atoms with Crippen LogP contribution in [0.2, 0.25) is 0 Å². The third-order valence-electron chi connectivity index (χ3n) is 3.57. The van der Waals surface area contributed by atoms with E-state index in [2.05, 4.69) is 75.0 Å². The molecule has 0 spiro atoms. The molecule has 0 radical (unpaired) electrons. The van der Waals surface area contributed by atoms with Gasteiger partial charge in [0.05, 0.1) is 5.69 Å². The highest BCUT2D eigenvalue weighted by molar-refractivity contribution is 7.07. The molecule has 0 aliphatic carbocycles. The Kier molecular flexibility index (Phi) is 3.05. The molecule has 0 bridgehead atoms. The molecular weight excluding hydrogens is 276 g/mol. The molecule has 0 N–H and O–H groups in total. The Morgan fingerprint density at radius 2 is 1.81 bits per heavy atom. The van der Waals surface area contributed by atoms with Crippen molar-refractivity contribution in [2.24, 2.45) is 0 Å². The summed E-state index contributed by atoms with van der Waals surface area (Å²) in [4.78, 5) is 4.69. The lowest BCUT2D eigenvalue weighted by molar-refractivity contribution is 1.12. The summed E-state index contributed by atoms with van der Waals surface area (Å²) >= 11 is 1.73. The first kappa shape index (κ1) is 12.4. The average molecular weight is 290 g/mol. The summed E-state index contributed by atoms with van der Waals surface area (Å²) < 4.78 is 2.12. The summed E-state index contributed by atoms with van der Waals surface area (Å²) in [7, 11) is 0. The molecule has 0 saturated heterocycles. The monoisotopic (exact) mass is 290 g/mol. The number of pyridine rings is 1. The minimum Gasteiger partial charge on any atom is -0.306 e. The molecule has 2 nitrogen and oxygen atoms in total. The lowest BCUT2D eigenvalue weighted by Crippen LogP contribution is -1.84. The van der Waals surface area contributed by atoms with Gasteiger partial charge in [0.15, 0.2) is 0 Å². The van der Waals surface area contributed by atoms with Crippen LogP contribution in [0.15, 0.2) is 71.7 Å². The third-order valence-corrected chi connectivity index (χ3v) is 4.31. The Balaban J connectivity index is 1.71. The van der Waals surface area contributed by atoms with Crippen LogP contribution in [-0.2, 0) is 6.42 Å². The number of aromatic nitrogens is 2. The lowest BCUT2D eigenvalue weighted by Gasteiger charge is -2.01. The molecule has 102 valence electrons. The number of benzene rings is 1. The maximum Gasteiger partial charge on any atom is 0.137 e. The van der Waals surface area contributed by atoms with Crippen molar-refractivity contribution in [3.8, 4) is 11.1 Å². The van der Waals surface area contributed by atoms with E-state index in [4.69, 9.17) is 0 Å². The Morgan fingerprint density at radius 1 is 0.905 bits per heavy atom. The van der Waals surface area contributed by atoms with Gasteiger partial charge in [0.25, 0.3) is 0 Å². The van der Waals surface area contributed by atoms with E-state index >= 15 is 0 Å². The number of hydrogen-bond donors (Lipinski definition) is 0. The first-order valence-electron chi connectivity index (χ1n) is 6.93. The van der Waals surface area contributed by atoms with Gasteiger partial charge in [0.1, 0.15) is 5.65 Å². The number of fused-ring (bicyclic) bond motifs is 1. The van der Waals surface area contributed by atoms with Gasteiger partial charge in [-0.2, -0.15) is 11.3 Å². The van der Waals surface area contributed by atoms with E-state index in [1.165, 1.54) is 16.7 Å². The topological polar surface area (TPSA) is 17.3 Å². The maximum absolute atomic E-state index is 4.69. The zero-order valence-electron chi connectivity index (χ0n) is 11.4. The first-order valence-corrected chi connectivity index (χ1v) is 7.87. The van der Waals surface area contributed by atoms with E-state index in [9.17, 15) is 0 Å². The van der Waals surface area contributed by atoms with Crippen molar-refractivity contribution in [3.63, 3.8) is 0 Å². The number of rotatable bonds is 3. The summed E-state index contributed by atoms with van der Waals surface area (Å²) in [6, 6.07) is 16.8. The highest BCUT2D eigenvalue weighted by Gasteiger charge is 2.05. The maximum atomic E-state index is 4.69. The molecule has 0 amide bonds. The molecule has 4 rings (SSSR count). The lowest BCUT2D eigenvalue weighted by atomic mass is 10.1. The third kappa shape index (κ3) is 2.48. The summed E-state index contributed by atoms with van der Waals surface area (Å²) in [6.07, 6.45) is 5.17. The standard InChI is InChI=1S/C18H14N2S/c1-2-4-15(5-3-1)16-6-7-18-19-17(12-20(18)11-16)10-14-8-9-21-13-14/h1-9,11-13H,10H2. The molecule has 0 aliphatic heterocycles.